The summed E-state index contributed by atoms with van der Waals surface area (Å²) in [6.07, 6.45) is 5.08. The number of nitriles is 1. The Labute approximate surface area is 205 Å². The Balaban J connectivity index is 1.34. The van der Waals surface area contributed by atoms with E-state index in [1.165, 1.54) is 0 Å². The zero-order valence-corrected chi connectivity index (χ0v) is 20.1. The molecule has 1 aliphatic heterocycles. The van der Waals surface area contributed by atoms with Crippen LogP contribution in [0.25, 0.3) is 21.9 Å². The fraction of sp³-hybridized carbons (Fsp3) is 0.214. The van der Waals surface area contributed by atoms with Crippen LogP contribution in [0.5, 0.6) is 0 Å². The topological polar surface area (TPSA) is 86.1 Å². The van der Waals surface area contributed by atoms with Crippen molar-refractivity contribution in [3.8, 4) is 17.2 Å². The van der Waals surface area contributed by atoms with Crippen molar-refractivity contribution in [1.82, 2.24) is 9.29 Å². The minimum absolute atomic E-state index is 0.0338. The Bertz CT molecular complexity index is 1490. The van der Waals surface area contributed by atoms with Gasteiger partial charge >= 0.3 is 0 Å². The van der Waals surface area contributed by atoms with Crippen LogP contribution in [0.15, 0.2) is 85.2 Å². The molecule has 1 N–H and O–H groups in total. The zero-order valence-electron chi connectivity index (χ0n) is 19.3. The summed E-state index contributed by atoms with van der Waals surface area (Å²) in [4.78, 5) is 4.31. The molecule has 7 heteroatoms. The third kappa shape index (κ3) is 5.19. The van der Waals surface area contributed by atoms with Crippen LogP contribution in [0.3, 0.4) is 0 Å². The molecule has 0 atom stereocenters. The van der Waals surface area contributed by atoms with Crippen molar-refractivity contribution in [2.24, 2.45) is 0 Å². The van der Waals surface area contributed by atoms with Crippen LogP contribution in [-0.4, -0.2) is 36.8 Å². The van der Waals surface area contributed by atoms with E-state index in [1.54, 1.807) is 16.6 Å². The van der Waals surface area contributed by atoms with Crippen LogP contribution in [0.1, 0.15) is 24.0 Å². The Morgan fingerprint density at radius 1 is 0.971 bits per heavy atom. The van der Waals surface area contributed by atoms with Crippen molar-refractivity contribution in [2.75, 3.05) is 18.4 Å². The van der Waals surface area contributed by atoms with Crippen molar-refractivity contribution in [1.29, 1.82) is 5.26 Å². The van der Waals surface area contributed by atoms with Gasteiger partial charge in [-0.1, -0.05) is 42.5 Å². The third-order valence-corrected chi connectivity index (χ3v) is 8.33. The Kier molecular flexibility index (Phi) is 6.49. The molecule has 5 rings (SSSR count). The number of pyridine rings is 1. The van der Waals surface area contributed by atoms with Crippen molar-refractivity contribution in [2.45, 2.75) is 24.6 Å². The fourth-order valence-corrected chi connectivity index (χ4v) is 6.19. The molecule has 2 heterocycles. The lowest BCUT2D eigenvalue weighted by Crippen LogP contribution is -2.42. The van der Waals surface area contributed by atoms with Crippen LogP contribution >= 0.6 is 0 Å². The Hall–Kier alpha value is -3.73. The molecule has 4 aromatic rings. The van der Waals surface area contributed by atoms with Gasteiger partial charge in [-0.2, -0.15) is 5.26 Å². The van der Waals surface area contributed by atoms with E-state index in [2.05, 4.69) is 28.5 Å². The monoisotopic (exact) mass is 482 g/mol. The second-order valence-electron chi connectivity index (χ2n) is 8.87. The van der Waals surface area contributed by atoms with E-state index < -0.39 is 10.0 Å². The van der Waals surface area contributed by atoms with Gasteiger partial charge in [0.25, 0.3) is 0 Å². The van der Waals surface area contributed by atoms with E-state index in [1.807, 2.05) is 60.8 Å². The normalized spacial score (nSPS) is 15.1. The summed E-state index contributed by atoms with van der Waals surface area (Å²) in [7, 11) is -3.35. The lowest BCUT2D eigenvalue weighted by atomic mass is 9.98. The largest absolute Gasteiger partial charge is 0.382 e. The molecule has 1 aliphatic rings. The number of anilines is 1. The second kappa shape index (κ2) is 9.87. The summed E-state index contributed by atoms with van der Waals surface area (Å²) in [6.45, 7) is 0.986. The molecular formula is C28H26N4O2S. The van der Waals surface area contributed by atoms with Gasteiger partial charge in [-0.15, -0.1) is 0 Å². The Morgan fingerprint density at radius 2 is 1.77 bits per heavy atom. The summed E-state index contributed by atoms with van der Waals surface area (Å²) < 4.78 is 27.5. The number of aromatic nitrogens is 1. The lowest BCUT2D eigenvalue weighted by Gasteiger charge is -2.32. The predicted octanol–water partition coefficient (Wildman–Crippen LogP) is 5.18. The average molecular weight is 483 g/mol. The number of fused-ring (bicyclic) bond motifs is 1. The minimum atomic E-state index is -3.35. The molecule has 35 heavy (non-hydrogen) atoms. The van der Waals surface area contributed by atoms with Gasteiger partial charge < -0.3 is 5.32 Å². The maximum atomic E-state index is 12.9. The van der Waals surface area contributed by atoms with Crippen LogP contribution in [0.4, 0.5) is 5.69 Å². The summed E-state index contributed by atoms with van der Waals surface area (Å²) in [5, 5.41) is 15.0. The average Bonchev–Trinajstić information content (AvgIpc) is 2.89. The van der Waals surface area contributed by atoms with Crippen molar-refractivity contribution >= 4 is 26.5 Å². The highest BCUT2D eigenvalue weighted by Gasteiger charge is 2.28. The van der Waals surface area contributed by atoms with Gasteiger partial charge in [-0.25, -0.2) is 12.7 Å². The SMILES string of the molecule is N#Cc1cccc(-c2cc(NC3CCN(S(=O)(=O)Cc4ccccc4)CC3)c3cnccc3c2)c1. The number of nitrogens with zero attached hydrogens (tertiary/aromatic N) is 3. The first-order valence-electron chi connectivity index (χ1n) is 11.7. The fourth-order valence-electron chi connectivity index (χ4n) is 4.63. The van der Waals surface area contributed by atoms with E-state index >= 15 is 0 Å². The van der Waals surface area contributed by atoms with E-state index in [0.717, 1.165) is 46.0 Å². The molecule has 0 aliphatic carbocycles. The number of sulfonamides is 1. The first-order valence-corrected chi connectivity index (χ1v) is 13.3. The van der Waals surface area contributed by atoms with E-state index in [4.69, 9.17) is 0 Å². The predicted molar refractivity (Wildman–Crippen MR) is 139 cm³/mol. The summed E-state index contributed by atoms with van der Waals surface area (Å²) in [5.41, 5.74) is 4.40. The molecule has 0 radical (unpaired) electrons. The Morgan fingerprint density at radius 3 is 2.54 bits per heavy atom. The first kappa shape index (κ1) is 23.0. The standard InChI is InChI=1S/C28H26N4O2S/c29-18-22-7-4-8-23(15-22)25-16-24-9-12-30-19-27(24)28(17-25)31-26-10-13-32(14-11-26)35(33,34)20-21-5-2-1-3-6-21/h1-9,12,15-17,19,26,31H,10-11,13-14,20H2. The summed E-state index contributed by atoms with van der Waals surface area (Å²) in [5.74, 6) is 0.0338. The molecule has 0 bridgehead atoms. The van der Waals surface area contributed by atoms with Crippen LogP contribution in [-0.2, 0) is 15.8 Å². The number of rotatable bonds is 6. The molecule has 0 unspecified atom stereocenters. The molecular weight excluding hydrogens is 456 g/mol. The number of hydrogen-bond acceptors (Lipinski definition) is 5. The van der Waals surface area contributed by atoms with Crippen LogP contribution < -0.4 is 5.32 Å². The van der Waals surface area contributed by atoms with Crippen LogP contribution in [0.2, 0.25) is 0 Å². The van der Waals surface area contributed by atoms with Gasteiger partial charge in [0.15, 0.2) is 0 Å². The lowest BCUT2D eigenvalue weighted by molar-refractivity contribution is 0.329. The molecule has 0 spiro atoms. The summed E-state index contributed by atoms with van der Waals surface area (Å²) in [6, 6.07) is 25.5. The molecule has 0 saturated carbocycles. The van der Waals surface area contributed by atoms with Gasteiger partial charge in [-0.05, 0) is 65.3 Å². The molecule has 1 saturated heterocycles. The van der Waals surface area contributed by atoms with E-state index in [-0.39, 0.29) is 11.8 Å². The minimum Gasteiger partial charge on any atom is -0.382 e. The smallest absolute Gasteiger partial charge is 0.218 e. The quantitative estimate of drug-likeness (QED) is 0.409. The van der Waals surface area contributed by atoms with Crippen molar-refractivity contribution < 1.29 is 8.42 Å². The van der Waals surface area contributed by atoms with Gasteiger partial charge in [0.1, 0.15) is 0 Å². The molecule has 1 aromatic heterocycles. The van der Waals surface area contributed by atoms with Gasteiger partial charge in [0.2, 0.25) is 10.0 Å². The van der Waals surface area contributed by atoms with Crippen molar-refractivity contribution in [3.63, 3.8) is 0 Å². The third-order valence-electron chi connectivity index (χ3n) is 6.48. The van der Waals surface area contributed by atoms with Crippen molar-refractivity contribution in [3.05, 3.63) is 96.3 Å². The zero-order chi connectivity index (χ0) is 24.3. The maximum absolute atomic E-state index is 12.9. The maximum Gasteiger partial charge on any atom is 0.218 e. The highest BCUT2D eigenvalue weighted by molar-refractivity contribution is 7.88. The van der Waals surface area contributed by atoms with Gasteiger partial charge in [0, 0.05) is 42.6 Å². The highest BCUT2D eigenvalue weighted by atomic mass is 32.2. The number of benzene rings is 3. The second-order valence-corrected chi connectivity index (χ2v) is 10.8. The van der Waals surface area contributed by atoms with E-state index in [0.29, 0.717) is 18.7 Å². The van der Waals surface area contributed by atoms with Gasteiger partial charge in [0.05, 0.1) is 17.4 Å². The molecule has 3 aromatic carbocycles. The first-order chi connectivity index (χ1) is 17.0. The molecule has 6 nitrogen and oxygen atoms in total. The van der Waals surface area contributed by atoms with Crippen LogP contribution in [0, 0.1) is 11.3 Å². The molecule has 0 amide bonds. The number of piperidine rings is 1. The number of nitrogens with one attached hydrogen (secondary N) is 1. The summed E-state index contributed by atoms with van der Waals surface area (Å²) >= 11 is 0. The number of hydrogen-bond donors (Lipinski definition) is 1. The molecule has 1 fully saturated rings. The highest BCUT2D eigenvalue weighted by Crippen LogP contribution is 2.32. The van der Waals surface area contributed by atoms with Gasteiger partial charge in [-0.3, -0.25) is 4.98 Å². The molecule has 176 valence electrons. The van der Waals surface area contributed by atoms with E-state index in [9.17, 15) is 13.7 Å².